The molecule has 134 heavy (non-hydrogen) atoms. The van der Waals surface area contributed by atoms with E-state index in [1.165, 1.54) is 59.5 Å². The minimum atomic E-state index is 0.699. The van der Waals surface area contributed by atoms with E-state index in [4.69, 9.17) is 15.0 Å². The van der Waals surface area contributed by atoms with Crippen LogP contribution in [0.3, 0.4) is 0 Å². The van der Waals surface area contributed by atoms with E-state index >= 15 is 0 Å². The second-order valence-corrected chi connectivity index (χ2v) is 33.8. The third-order valence-electron chi connectivity index (χ3n) is 23.9. The topological polar surface area (TPSA) is 383 Å². The third-order valence-corrected chi connectivity index (χ3v) is 24.3. The molecule has 23 aromatic rings. The lowest BCUT2D eigenvalue weighted by Gasteiger charge is -2.30. The molecular formula is C100H88BrN33. The van der Waals surface area contributed by atoms with Crippen molar-refractivity contribution < 1.29 is 0 Å². The van der Waals surface area contributed by atoms with Gasteiger partial charge in [-0.3, -0.25) is 50.4 Å². The van der Waals surface area contributed by atoms with E-state index in [0.29, 0.717) is 11.6 Å². The lowest BCUT2D eigenvalue weighted by molar-refractivity contribution is 0.574. The van der Waals surface area contributed by atoms with Crippen molar-refractivity contribution in [3.05, 3.63) is 296 Å². The normalized spacial score (nSPS) is 13.1. The number of H-pyrrole nitrogens is 5. The van der Waals surface area contributed by atoms with Crippen LogP contribution in [-0.2, 0) is 6.54 Å². The van der Waals surface area contributed by atoms with Crippen molar-refractivity contribution in [2.24, 2.45) is 0 Å². The van der Waals surface area contributed by atoms with Gasteiger partial charge in [-0.1, -0.05) is 0 Å². The summed E-state index contributed by atoms with van der Waals surface area (Å²) >= 11 is 3.37. The molecule has 0 bridgehead atoms. The van der Waals surface area contributed by atoms with E-state index in [0.717, 1.165) is 230 Å². The van der Waals surface area contributed by atoms with Crippen LogP contribution in [0, 0.1) is 20.8 Å². The van der Waals surface area contributed by atoms with Crippen LogP contribution in [0.5, 0.6) is 0 Å². The van der Waals surface area contributed by atoms with E-state index in [1.54, 1.807) is 52.7 Å². The first-order chi connectivity index (χ1) is 66.0. The van der Waals surface area contributed by atoms with Crippen molar-refractivity contribution in [1.82, 2.24) is 125 Å². The van der Waals surface area contributed by atoms with Crippen LogP contribution in [0.4, 0.5) is 80.8 Å². The van der Waals surface area contributed by atoms with Crippen LogP contribution in [0.25, 0.3) is 121 Å². The highest BCUT2D eigenvalue weighted by molar-refractivity contribution is 9.10. The summed E-state index contributed by atoms with van der Waals surface area (Å²) < 4.78 is 6.60. The summed E-state index contributed by atoms with van der Waals surface area (Å²) in [5.74, 6) is 9.64. The maximum atomic E-state index is 4.85. The smallest absolute Gasteiger partial charge is 0.178 e. The summed E-state index contributed by atoms with van der Waals surface area (Å²) in [5, 5.41) is 73.5. The number of pyridine rings is 10. The van der Waals surface area contributed by atoms with E-state index < -0.39 is 0 Å². The van der Waals surface area contributed by atoms with Crippen molar-refractivity contribution in [2.45, 2.75) is 65.8 Å². The first kappa shape index (κ1) is 82.5. The molecular weight excluding hydrogens is 1740 g/mol. The van der Waals surface area contributed by atoms with E-state index in [-0.39, 0.29) is 0 Å². The Morgan fingerprint density at radius 3 is 1.06 bits per heavy atom. The predicted octanol–water partition coefficient (Wildman–Crippen LogP) is 21.2. The number of aryl methyl sites for hydroxylation is 4. The van der Waals surface area contributed by atoms with Crippen LogP contribution in [-0.4, -0.2) is 158 Å². The molecule has 3 aliphatic heterocycles. The Morgan fingerprint density at radius 1 is 0.291 bits per heavy atom. The molecule has 0 atom stereocenters. The third kappa shape index (κ3) is 17.1. The summed E-state index contributed by atoms with van der Waals surface area (Å²) in [6.45, 7) is 12.5. The lowest BCUT2D eigenvalue weighted by atomic mass is 10.1. The fraction of sp³-hybridized carbons (Fsp3) is 0.150. The Morgan fingerprint density at radius 2 is 0.664 bits per heavy atom. The molecule has 18 aromatic heterocycles. The van der Waals surface area contributed by atoms with Gasteiger partial charge in [0.15, 0.2) is 40.7 Å². The highest BCUT2D eigenvalue weighted by Crippen LogP contribution is 2.39. The first-order valence-corrected chi connectivity index (χ1v) is 45.2. The van der Waals surface area contributed by atoms with Crippen LogP contribution >= 0.6 is 15.9 Å². The molecule has 2 fully saturated rings. The molecule has 0 spiro atoms. The summed E-state index contributed by atoms with van der Waals surface area (Å²) in [7, 11) is 0. The Kier molecular flexibility index (Phi) is 22.4. The monoisotopic (exact) mass is 1830 g/mol. The Bertz CT molecular complexity index is 8220. The number of halogens is 1. The number of fused-ring (bicyclic) bond motifs is 11. The predicted molar refractivity (Wildman–Crippen MR) is 534 cm³/mol. The van der Waals surface area contributed by atoms with Crippen LogP contribution in [0.15, 0.2) is 279 Å². The van der Waals surface area contributed by atoms with Gasteiger partial charge in [-0.05, 0) is 308 Å². The zero-order chi connectivity index (χ0) is 90.0. The molecule has 660 valence electrons. The first-order valence-electron chi connectivity index (χ1n) is 44.4. The largest absolute Gasteiger partial charge is 0.356 e. The average Bonchev–Trinajstić information content (AvgIpc) is 1.61. The molecule has 3 aliphatic rings. The highest BCUT2D eigenvalue weighted by atomic mass is 79.9. The number of piperidine rings is 1. The molecule has 21 heterocycles. The SMILES string of the molecule is Brc1ccn(-c2nccc3cc(Nc4n[nH]c5cccnc45)ccc23)n1.Cc1cc2cc(Nc3n[nH]c4cccnc34)ccc2c(-n2cccn2)n1.Cc1cc2cc(Nc3n[nH]c4cccnc34)ccc2c(N2CCCC2)n1.Cc1cc2cc(Nc3n[nH]c4cccnc34)ccc2c(N2CCCCC2)n1.c1cnc2c(Nc3ccc4c(N5CCCn6cccc65)nccc4c3)n[nH]c2c1. The van der Waals surface area contributed by atoms with Crippen molar-refractivity contribution in [2.75, 3.05) is 74.0 Å². The average molecular weight is 1830 g/mol. The Labute approximate surface area is 773 Å². The minimum Gasteiger partial charge on any atom is -0.356 e. The van der Waals surface area contributed by atoms with Crippen LogP contribution in [0.2, 0.25) is 0 Å². The lowest BCUT2D eigenvalue weighted by Crippen LogP contribution is -2.30. The second kappa shape index (κ2) is 36.4. The molecule has 0 unspecified atom stereocenters. The Hall–Kier alpha value is -17.2. The van der Waals surface area contributed by atoms with Gasteiger partial charge in [0.2, 0.25) is 0 Å². The summed E-state index contributed by atoms with van der Waals surface area (Å²) in [4.78, 5) is 52.6. The summed E-state index contributed by atoms with van der Waals surface area (Å²) in [5.41, 5.74) is 16.6. The summed E-state index contributed by atoms with van der Waals surface area (Å²) in [6, 6.07) is 69.0. The van der Waals surface area contributed by atoms with Gasteiger partial charge in [0.05, 0.1) is 27.6 Å². The van der Waals surface area contributed by atoms with Crippen molar-refractivity contribution in [3.8, 4) is 11.6 Å². The number of benzene rings is 5. The molecule has 33 nitrogen and oxygen atoms in total. The standard InChI is InChI=1S/C22H19N7.C21H22N6.C20H20N6.C19H15N7.C18H12BrN7/c1-4-18-20(23-9-1)21(27-26-18)25-16-6-7-17-15(14-16)8-10-24-22(17)29-13-3-12-28-11-2-5-19(28)29;1-14-12-15-13-16(24-20-19-18(25-26-20)6-5-9-22-19)7-8-17(15)21(23-14)27-10-3-2-4-11-27;1-13-11-14-12-15(23-19-18-17(24-25-19)5-4-8-21-18)6-7-16(14)20(22-13)26-9-2-3-10-26;1-12-10-13-11-14(23-18-17-16(24-25-18)4-2-7-20-17)5-6-15(13)19(22-12)26-9-3-8-21-26;19-15-6-9-26(25-15)18-13-4-3-12(10-11(13)5-8-21-18)22-17-16-14(23-24-17)2-1-7-20-16/h1-2,4-11,14H,3,12-13H2,(H2,25,26,27);5-9,12-13H,2-4,10-11H2,1H3,(H2,24,25,26);4-8,11-12H,2-3,9-10H2,1H3,(H2,23,24,25);2-11H,1H3,(H2,23,24,25);1-10H,(H2,22,23,24). The van der Waals surface area contributed by atoms with Gasteiger partial charge in [0, 0.05) is 180 Å². The van der Waals surface area contributed by atoms with Gasteiger partial charge >= 0.3 is 0 Å². The van der Waals surface area contributed by atoms with Gasteiger partial charge in [0.25, 0.3) is 0 Å². The number of anilines is 14. The molecule has 0 amide bonds. The number of aromatic amines is 5. The quantitative estimate of drug-likeness (QED) is 0.0456. The van der Waals surface area contributed by atoms with E-state index in [1.807, 2.05) is 135 Å². The van der Waals surface area contributed by atoms with Gasteiger partial charge in [0.1, 0.15) is 55.5 Å². The second-order valence-electron chi connectivity index (χ2n) is 33.0. The minimum absolute atomic E-state index is 0.699. The number of hydrogen-bond acceptors (Lipinski definition) is 25. The maximum absolute atomic E-state index is 4.85. The number of nitrogens with one attached hydrogen (secondary N) is 10. The Balaban J connectivity index is 0.0000000975. The summed E-state index contributed by atoms with van der Waals surface area (Å²) in [6.07, 6.45) is 27.6. The van der Waals surface area contributed by atoms with Crippen molar-refractivity contribution in [1.29, 1.82) is 0 Å². The van der Waals surface area contributed by atoms with E-state index in [2.05, 4.69) is 275 Å². The highest BCUT2D eigenvalue weighted by Gasteiger charge is 2.24. The molecule has 0 radical (unpaired) electrons. The van der Waals surface area contributed by atoms with Gasteiger partial charge in [-0.25, -0.2) is 34.3 Å². The van der Waals surface area contributed by atoms with Gasteiger partial charge < -0.3 is 45.9 Å². The molecule has 10 N–H and O–H groups in total. The van der Waals surface area contributed by atoms with Gasteiger partial charge in [-0.15, -0.1) is 0 Å². The number of hydrogen-bond donors (Lipinski definition) is 10. The molecule has 0 saturated carbocycles. The fourth-order valence-electron chi connectivity index (χ4n) is 17.7. The molecule has 2 saturated heterocycles. The van der Waals surface area contributed by atoms with Gasteiger partial charge in [-0.2, -0.15) is 35.7 Å². The molecule has 0 aliphatic carbocycles. The number of rotatable bonds is 15. The maximum Gasteiger partial charge on any atom is 0.178 e. The van der Waals surface area contributed by atoms with Crippen LogP contribution in [0.1, 0.15) is 55.6 Å². The van der Waals surface area contributed by atoms with Crippen molar-refractivity contribution in [3.63, 3.8) is 0 Å². The molecule has 26 rings (SSSR count). The number of aromatic nitrogens is 25. The molecule has 5 aromatic carbocycles. The fourth-order valence-corrected chi connectivity index (χ4v) is 18.0. The molecule has 34 heteroatoms. The number of nitrogens with zero attached hydrogens (tertiary/aromatic N) is 23. The van der Waals surface area contributed by atoms with Crippen LogP contribution < -0.4 is 41.3 Å². The van der Waals surface area contributed by atoms with Crippen molar-refractivity contribution >= 4 is 206 Å². The zero-order valence-electron chi connectivity index (χ0n) is 73.1. The zero-order valence-corrected chi connectivity index (χ0v) is 74.7. The van der Waals surface area contributed by atoms with E-state index in [9.17, 15) is 0 Å².